The highest BCUT2D eigenvalue weighted by Gasteiger charge is 2.21. The Hall–Kier alpha value is -2.83. The standard InChI is InChI=1S/C21H25F2N3O2/c1-15(2)28-18-7-8-20(19(23)13-18)24-14-21(27)26-11-9-25(10-12-26)17-5-3-16(22)4-6-17/h3-8,13,15,24H,9-12,14H2,1-2H3. The zero-order chi connectivity index (χ0) is 20.1. The van der Waals surface area contributed by atoms with Crippen LogP contribution in [0, 0.1) is 11.6 Å². The van der Waals surface area contributed by atoms with Crippen molar-refractivity contribution in [1.29, 1.82) is 0 Å². The number of carbonyl (C=O) groups is 1. The Labute approximate surface area is 163 Å². The Morgan fingerprint density at radius 1 is 1.07 bits per heavy atom. The van der Waals surface area contributed by atoms with Crippen LogP contribution >= 0.6 is 0 Å². The largest absolute Gasteiger partial charge is 0.491 e. The molecule has 0 spiro atoms. The van der Waals surface area contributed by atoms with Crippen LogP contribution in [0.25, 0.3) is 0 Å². The molecule has 0 atom stereocenters. The van der Waals surface area contributed by atoms with Crippen LogP contribution in [0.1, 0.15) is 13.8 Å². The van der Waals surface area contributed by atoms with E-state index in [4.69, 9.17) is 4.74 Å². The lowest BCUT2D eigenvalue weighted by molar-refractivity contribution is -0.129. The van der Waals surface area contributed by atoms with E-state index in [0.717, 1.165) is 5.69 Å². The zero-order valence-electron chi connectivity index (χ0n) is 16.1. The van der Waals surface area contributed by atoms with Gasteiger partial charge in [-0.3, -0.25) is 4.79 Å². The van der Waals surface area contributed by atoms with Crippen LogP contribution in [0.4, 0.5) is 20.2 Å². The first-order valence-electron chi connectivity index (χ1n) is 9.41. The van der Waals surface area contributed by atoms with Gasteiger partial charge in [0, 0.05) is 37.9 Å². The van der Waals surface area contributed by atoms with Crippen LogP contribution in [0.2, 0.25) is 0 Å². The second kappa shape index (κ2) is 8.91. The lowest BCUT2D eigenvalue weighted by Gasteiger charge is -2.36. The van der Waals surface area contributed by atoms with Crippen LogP contribution in [0.3, 0.4) is 0 Å². The molecule has 5 nitrogen and oxygen atoms in total. The zero-order valence-corrected chi connectivity index (χ0v) is 16.1. The van der Waals surface area contributed by atoms with Crippen molar-refractivity contribution >= 4 is 17.3 Å². The van der Waals surface area contributed by atoms with Gasteiger partial charge in [-0.05, 0) is 50.2 Å². The van der Waals surface area contributed by atoms with Gasteiger partial charge in [-0.25, -0.2) is 8.78 Å². The summed E-state index contributed by atoms with van der Waals surface area (Å²) in [6.07, 6.45) is -0.0339. The molecule has 1 fully saturated rings. The third kappa shape index (κ3) is 5.12. The molecule has 1 N–H and O–H groups in total. The highest BCUT2D eigenvalue weighted by atomic mass is 19.1. The van der Waals surface area contributed by atoms with Crippen molar-refractivity contribution in [2.24, 2.45) is 0 Å². The quantitative estimate of drug-likeness (QED) is 0.821. The van der Waals surface area contributed by atoms with Crippen LogP contribution in [0.15, 0.2) is 42.5 Å². The molecule has 28 heavy (non-hydrogen) atoms. The van der Waals surface area contributed by atoms with Gasteiger partial charge in [-0.2, -0.15) is 0 Å². The number of ether oxygens (including phenoxy) is 1. The Bertz CT molecular complexity index is 804. The number of nitrogens with one attached hydrogen (secondary N) is 1. The van der Waals surface area contributed by atoms with Gasteiger partial charge in [0.1, 0.15) is 17.4 Å². The van der Waals surface area contributed by atoms with Crippen molar-refractivity contribution < 1.29 is 18.3 Å². The van der Waals surface area contributed by atoms with Crippen LogP contribution in [-0.2, 0) is 4.79 Å². The normalized spacial score (nSPS) is 14.3. The minimum atomic E-state index is -0.452. The van der Waals surface area contributed by atoms with E-state index in [2.05, 4.69) is 10.2 Å². The van der Waals surface area contributed by atoms with E-state index < -0.39 is 5.82 Å². The summed E-state index contributed by atoms with van der Waals surface area (Å²) < 4.78 is 32.7. The molecule has 150 valence electrons. The summed E-state index contributed by atoms with van der Waals surface area (Å²) >= 11 is 0. The minimum Gasteiger partial charge on any atom is -0.491 e. The lowest BCUT2D eigenvalue weighted by atomic mass is 10.2. The number of amides is 1. The molecule has 2 aromatic rings. The second-order valence-corrected chi connectivity index (χ2v) is 7.01. The summed E-state index contributed by atoms with van der Waals surface area (Å²) in [6.45, 7) is 6.26. The second-order valence-electron chi connectivity index (χ2n) is 7.01. The fourth-order valence-electron chi connectivity index (χ4n) is 3.13. The molecule has 1 amide bonds. The van der Waals surface area contributed by atoms with E-state index in [1.165, 1.54) is 18.2 Å². The van der Waals surface area contributed by atoms with Crippen molar-refractivity contribution in [3.05, 3.63) is 54.1 Å². The van der Waals surface area contributed by atoms with Gasteiger partial charge in [0.25, 0.3) is 0 Å². The van der Waals surface area contributed by atoms with Crippen molar-refractivity contribution in [1.82, 2.24) is 4.90 Å². The highest BCUT2D eigenvalue weighted by molar-refractivity contribution is 5.81. The first kappa shape index (κ1) is 19.9. The third-order valence-electron chi connectivity index (χ3n) is 4.57. The maximum atomic E-state index is 14.2. The highest BCUT2D eigenvalue weighted by Crippen LogP contribution is 2.22. The van der Waals surface area contributed by atoms with Gasteiger partial charge in [-0.1, -0.05) is 0 Å². The van der Waals surface area contributed by atoms with Gasteiger partial charge in [-0.15, -0.1) is 0 Å². The third-order valence-corrected chi connectivity index (χ3v) is 4.57. The van der Waals surface area contributed by atoms with Crippen molar-refractivity contribution in [3.63, 3.8) is 0 Å². The molecule has 1 saturated heterocycles. The number of benzene rings is 2. The lowest BCUT2D eigenvalue weighted by Crippen LogP contribution is -2.50. The molecule has 0 aliphatic carbocycles. The van der Waals surface area contributed by atoms with Crippen molar-refractivity contribution in [3.8, 4) is 5.75 Å². The van der Waals surface area contributed by atoms with E-state index >= 15 is 0 Å². The number of anilines is 2. The topological polar surface area (TPSA) is 44.8 Å². The predicted octanol–water partition coefficient (Wildman–Crippen LogP) is 3.51. The number of nitrogens with zero attached hydrogens (tertiary/aromatic N) is 2. The number of piperazine rings is 1. The van der Waals surface area contributed by atoms with E-state index in [0.29, 0.717) is 31.9 Å². The summed E-state index contributed by atoms with van der Waals surface area (Å²) in [5.74, 6) is -0.339. The van der Waals surface area contributed by atoms with E-state index in [1.807, 2.05) is 13.8 Å². The maximum Gasteiger partial charge on any atom is 0.241 e. The van der Waals surface area contributed by atoms with Gasteiger partial charge < -0.3 is 19.9 Å². The number of carbonyl (C=O) groups excluding carboxylic acids is 1. The summed E-state index contributed by atoms with van der Waals surface area (Å²) in [7, 11) is 0. The Morgan fingerprint density at radius 2 is 1.75 bits per heavy atom. The van der Waals surface area contributed by atoms with Crippen LogP contribution in [-0.4, -0.2) is 49.6 Å². The molecule has 1 aliphatic heterocycles. The van der Waals surface area contributed by atoms with Crippen LogP contribution < -0.4 is 15.0 Å². The average Bonchev–Trinajstić information content (AvgIpc) is 2.67. The molecule has 3 rings (SSSR count). The molecule has 7 heteroatoms. The molecular weight excluding hydrogens is 364 g/mol. The van der Waals surface area contributed by atoms with Crippen molar-refractivity contribution in [2.75, 3.05) is 42.9 Å². The fourth-order valence-corrected chi connectivity index (χ4v) is 3.13. The summed E-state index contributed by atoms with van der Waals surface area (Å²) in [6, 6.07) is 10.9. The maximum absolute atomic E-state index is 14.2. The molecule has 0 aromatic heterocycles. The summed E-state index contributed by atoms with van der Waals surface area (Å²) in [5.41, 5.74) is 1.21. The molecule has 0 radical (unpaired) electrons. The van der Waals surface area contributed by atoms with E-state index in [-0.39, 0.29) is 30.1 Å². The van der Waals surface area contributed by atoms with Crippen molar-refractivity contribution in [2.45, 2.75) is 20.0 Å². The van der Waals surface area contributed by atoms with Gasteiger partial charge >= 0.3 is 0 Å². The molecule has 0 bridgehead atoms. The first-order chi connectivity index (χ1) is 13.4. The summed E-state index contributed by atoms with van der Waals surface area (Å²) in [5, 5.41) is 2.86. The first-order valence-corrected chi connectivity index (χ1v) is 9.41. The number of halogens is 2. The Kier molecular flexibility index (Phi) is 6.34. The van der Waals surface area contributed by atoms with Gasteiger partial charge in [0.2, 0.25) is 5.91 Å². The predicted molar refractivity (Wildman–Crippen MR) is 106 cm³/mol. The number of hydrogen-bond acceptors (Lipinski definition) is 4. The minimum absolute atomic E-state index is 0.0256. The van der Waals surface area contributed by atoms with Gasteiger partial charge in [0.15, 0.2) is 0 Å². The molecule has 1 heterocycles. The number of rotatable bonds is 6. The molecular formula is C21H25F2N3O2. The molecule has 1 aliphatic rings. The monoisotopic (exact) mass is 389 g/mol. The molecule has 2 aromatic carbocycles. The summed E-state index contributed by atoms with van der Waals surface area (Å²) in [4.78, 5) is 16.3. The fraction of sp³-hybridized carbons (Fsp3) is 0.381. The molecule has 0 unspecified atom stereocenters. The van der Waals surface area contributed by atoms with Gasteiger partial charge in [0.05, 0.1) is 18.3 Å². The Morgan fingerprint density at radius 3 is 2.36 bits per heavy atom. The Balaban J connectivity index is 1.49. The number of hydrogen-bond donors (Lipinski definition) is 1. The molecule has 0 saturated carbocycles. The van der Waals surface area contributed by atoms with Crippen LogP contribution in [0.5, 0.6) is 5.75 Å². The van der Waals surface area contributed by atoms with E-state index in [1.54, 1.807) is 29.2 Å². The smallest absolute Gasteiger partial charge is 0.241 e. The van der Waals surface area contributed by atoms with E-state index in [9.17, 15) is 13.6 Å². The SMILES string of the molecule is CC(C)Oc1ccc(NCC(=O)N2CCN(c3ccc(F)cc3)CC2)c(F)c1. The average molecular weight is 389 g/mol.